The van der Waals surface area contributed by atoms with Crippen molar-refractivity contribution in [2.24, 2.45) is 0 Å². The molecule has 0 aliphatic carbocycles. The number of carboxylic acid groups (broad SMARTS) is 1. The molecule has 2 unspecified atom stereocenters. The zero-order chi connectivity index (χ0) is 59.8. The number of aliphatic carboxylic acids is 1. The molecule has 0 amide bonds. The molecule has 0 radical (unpaired) electrons. The third kappa shape index (κ3) is 65.8. The highest BCUT2D eigenvalue weighted by molar-refractivity contribution is 5.71. The molecular weight excluding hydrogens is 1020 g/mol. The summed E-state index contributed by atoms with van der Waals surface area (Å²) in [5, 5.41) is 9.73. The van der Waals surface area contributed by atoms with Crippen LogP contribution in [0.4, 0.5) is 0 Å². The van der Waals surface area contributed by atoms with Crippen LogP contribution in [0, 0.1) is 0 Å². The average molecular weight is 1160 g/mol. The van der Waals surface area contributed by atoms with E-state index in [0.29, 0.717) is 17.4 Å². The Kier molecular flexibility index (Phi) is 63.9. The Morgan fingerprint density at radius 1 is 0.317 bits per heavy atom. The molecule has 0 saturated heterocycles. The molecule has 0 rings (SSSR count). The molecule has 2 atom stereocenters. The number of esters is 2. The number of carbonyl (C=O) groups excluding carboxylic acids is 2. The number of hydrogen-bond acceptors (Lipinski definition) is 7. The van der Waals surface area contributed by atoms with Gasteiger partial charge in [0.2, 0.25) is 0 Å². The Morgan fingerprint density at radius 3 is 0.780 bits per heavy atom. The minimum Gasteiger partial charge on any atom is -0.477 e. The monoisotopic (exact) mass is 1160 g/mol. The number of quaternary nitrogens is 1. The molecule has 9 heteroatoms. The highest BCUT2D eigenvalue weighted by Crippen LogP contribution is 2.20. The molecule has 0 aromatic heterocycles. The van der Waals surface area contributed by atoms with E-state index in [1.54, 1.807) is 0 Å². The van der Waals surface area contributed by atoms with Gasteiger partial charge < -0.3 is 28.5 Å². The maximum absolute atomic E-state index is 12.9. The number of likely N-dealkylation sites (N-methyl/N-ethyl adjacent to an activating group) is 1. The van der Waals surface area contributed by atoms with Crippen LogP contribution in [0.15, 0.2) is 0 Å². The van der Waals surface area contributed by atoms with Gasteiger partial charge in [-0.2, -0.15) is 0 Å². The molecular formula is C73H144NO8+. The first-order valence-electron chi connectivity index (χ1n) is 36.7. The summed E-state index contributed by atoms with van der Waals surface area (Å²) in [6.07, 6.45) is 75.4. The van der Waals surface area contributed by atoms with Crippen LogP contribution in [0.3, 0.4) is 0 Å². The first kappa shape index (κ1) is 80.3. The molecule has 82 heavy (non-hydrogen) atoms. The van der Waals surface area contributed by atoms with E-state index in [-0.39, 0.29) is 38.2 Å². The van der Waals surface area contributed by atoms with Gasteiger partial charge in [-0.05, 0) is 12.8 Å². The number of carboxylic acids is 1. The second-order valence-corrected chi connectivity index (χ2v) is 26.6. The standard InChI is InChI=1S/C73H143NO8/c1-6-8-10-12-14-16-18-20-22-24-25-26-27-28-29-30-31-32-33-34-35-36-37-38-39-40-41-42-43-44-45-46-48-50-52-54-56-58-60-62-64-71(76)82-69(68-81-73(72(77)78)79-66-65-74(3,4)5)67-80-70(75)63-61-59-57-55-53-51-49-47-23-21-19-17-15-13-11-9-7-2/h69,73H,6-68H2,1-5H3/p+1. The Morgan fingerprint density at radius 2 is 0.549 bits per heavy atom. The van der Waals surface area contributed by atoms with Crippen LogP contribution < -0.4 is 0 Å². The predicted octanol–water partition coefficient (Wildman–Crippen LogP) is 22.6. The summed E-state index contributed by atoms with van der Waals surface area (Å²) in [5.41, 5.74) is 0. The molecule has 0 aliphatic heterocycles. The summed E-state index contributed by atoms with van der Waals surface area (Å²) in [6.45, 7) is 4.96. The second-order valence-electron chi connectivity index (χ2n) is 26.6. The van der Waals surface area contributed by atoms with Crippen LogP contribution in [-0.2, 0) is 33.3 Å². The van der Waals surface area contributed by atoms with Crippen molar-refractivity contribution in [2.45, 2.75) is 405 Å². The average Bonchev–Trinajstić information content (AvgIpc) is 3.47. The summed E-state index contributed by atoms with van der Waals surface area (Å²) in [4.78, 5) is 37.5. The van der Waals surface area contributed by atoms with Crippen molar-refractivity contribution in [3.8, 4) is 0 Å². The van der Waals surface area contributed by atoms with Gasteiger partial charge in [0, 0.05) is 12.8 Å². The molecule has 0 fully saturated rings. The van der Waals surface area contributed by atoms with Gasteiger partial charge in [0.1, 0.15) is 13.2 Å². The Hall–Kier alpha value is -1.71. The minimum atomic E-state index is -1.50. The fourth-order valence-corrected chi connectivity index (χ4v) is 11.5. The van der Waals surface area contributed by atoms with Crippen LogP contribution in [0.5, 0.6) is 0 Å². The highest BCUT2D eigenvalue weighted by Gasteiger charge is 2.25. The highest BCUT2D eigenvalue weighted by atomic mass is 16.7. The number of nitrogens with zero attached hydrogens (tertiary/aromatic N) is 1. The van der Waals surface area contributed by atoms with Gasteiger partial charge in [-0.15, -0.1) is 0 Å². The molecule has 0 aromatic rings. The van der Waals surface area contributed by atoms with Crippen LogP contribution in [0.1, 0.15) is 393 Å². The third-order valence-corrected chi connectivity index (χ3v) is 17.1. The molecule has 1 N–H and O–H groups in total. The SMILES string of the molecule is CCCCCCCCCCCCCCCCCCCCCCCCCCCCCCCCCCCCCCCCCCC(=O)OC(COC(=O)CCCCCCCCCCCCCCCCCCC)COC(OCC[N+](C)(C)C)C(=O)O. The Balaban J connectivity index is 3.88. The lowest BCUT2D eigenvalue weighted by atomic mass is 10.0. The summed E-state index contributed by atoms with van der Waals surface area (Å²) < 4.78 is 23.0. The van der Waals surface area contributed by atoms with Crippen molar-refractivity contribution in [1.29, 1.82) is 0 Å². The maximum Gasteiger partial charge on any atom is 0.361 e. The van der Waals surface area contributed by atoms with Gasteiger partial charge >= 0.3 is 17.9 Å². The molecule has 0 spiro atoms. The molecule has 9 nitrogen and oxygen atoms in total. The van der Waals surface area contributed by atoms with Crippen LogP contribution >= 0.6 is 0 Å². The van der Waals surface area contributed by atoms with Gasteiger partial charge in [-0.1, -0.05) is 367 Å². The lowest BCUT2D eigenvalue weighted by molar-refractivity contribution is -0.870. The normalized spacial score (nSPS) is 12.5. The summed E-state index contributed by atoms with van der Waals surface area (Å²) in [6, 6.07) is 0. The van der Waals surface area contributed by atoms with E-state index in [2.05, 4.69) is 13.8 Å². The van der Waals surface area contributed by atoms with E-state index in [9.17, 15) is 19.5 Å². The summed E-state index contributed by atoms with van der Waals surface area (Å²) >= 11 is 0. The maximum atomic E-state index is 12.9. The van der Waals surface area contributed by atoms with Crippen LogP contribution in [0.2, 0.25) is 0 Å². The lowest BCUT2D eigenvalue weighted by Crippen LogP contribution is -2.40. The number of unbranched alkanes of at least 4 members (excludes halogenated alkanes) is 55. The molecule has 0 heterocycles. The molecule has 0 saturated carbocycles. The number of hydrogen-bond donors (Lipinski definition) is 1. The first-order valence-corrected chi connectivity index (χ1v) is 36.7. The van der Waals surface area contributed by atoms with Crippen molar-refractivity contribution in [2.75, 3.05) is 47.5 Å². The van der Waals surface area contributed by atoms with Gasteiger partial charge in [0.05, 0.1) is 34.4 Å². The first-order chi connectivity index (χ1) is 40.1. The molecule has 0 aliphatic rings. The number of ether oxygens (including phenoxy) is 4. The molecule has 488 valence electrons. The summed E-state index contributed by atoms with van der Waals surface area (Å²) in [7, 11) is 5.99. The van der Waals surface area contributed by atoms with E-state index in [0.717, 1.165) is 38.5 Å². The Labute approximate surface area is 511 Å². The van der Waals surface area contributed by atoms with E-state index in [4.69, 9.17) is 18.9 Å². The van der Waals surface area contributed by atoms with E-state index in [1.807, 2.05) is 21.1 Å². The minimum absolute atomic E-state index is 0.172. The van der Waals surface area contributed by atoms with E-state index >= 15 is 0 Å². The van der Waals surface area contributed by atoms with Gasteiger partial charge in [-0.25, -0.2) is 4.79 Å². The summed E-state index contributed by atoms with van der Waals surface area (Å²) in [5.74, 6) is -1.97. The zero-order valence-electron chi connectivity index (χ0n) is 56.0. The lowest BCUT2D eigenvalue weighted by Gasteiger charge is -2.25. The number of rotatable bonds is 70. The van der Waals surface area contributed by atoms with Crippen LogP contribution in [-0.4, -0.2) is 87.4 Å². The smallest absolute Gasteiger partial charge is 0.361 e. The number of carbonyl (C=O) groups is 3. The molecule has 0 aromatic carbocycles. The van der Waals surface area contributed by atoms with E-state index < -0.39 is 18.4 Å². The van der Waals surface area contributed by atoms with Gasteiger partial charge in [-0.3, -0.25) is 9.59 Å². The molecule has 0 bridgehead atoms. The zero-order valence-corrected chi connectivity index (χ0v) is 56.0. The fraction of sp³-hybridized carbons (Fsp3) is 0.959. The quantitative estimate of drug-likeness (QED) is 0.0278. The van der Waals surface area contributed by atoms with Crippen molar-refractivity contribution in [3.63, 3.8) is 0 Å². The largest absolute Gasteiger partial charge is 0.477 e. The van der Waals surface area contributed by atoms with Crippen molar-refractivity contribution >= 4 is 17.9 Å². The second kappa shape index (κ2) is 65.3. The van der Waals surface area contributed by atoms with Crippen molar-refractivity contribution in [3.05, 3.63) is 0 Å². The predicted molar refractivity (Wildman–Crippen MR) is 351 cm³/mol. The third-order valence-electron chi connectivity index (χ3n) is 17.1. The topological polar surface area (TPSA) is 108 Å². The van der Waals surface area contributed by atoms with Crippen LogP contribution in [0.25, 0.3) is 0 Å². The fourth-order valence-electron chi connectivity index (χ4n) is 11.5. The van der Waals surface area contributed by atoms with Gasteiger partial charge in [0.15, 0.2) is 6.10 Å². The van der Waals surface area contributed by atoms with Crippen molar-refractivity contribution < 1.29 is 42.9 Å². The Bertz CT molecular complexity index is 1300. The van der Waals surface area contributed by atoms with E-state index in [1.165, 1.54) is 327 Å². The van der Waals surface area contributed by atoms with Gasteiger partial charge in [0.25, 0.3) is 6.29 Å². The van der Waals surface area contributed by atoms with Crippen molar-refractivity contribution in [1.82, 2.24) is 0 Å².